The molecule has 0 bridgehead atoms. The first kappa shape index (κ1) is 13.5. The Labute approximate surface area is 110 Å². The second-order valence-electron chi connectivity index (χ2n) is 5.59. The van der Waals surface area contributed by atoms with Gasteiger partial charge in [0, 0.05) is 19.1 Å². The summed E-state index contributed by atoms with van der Waals surface area (Å²) in [5.41, 5.74) is 2.26. The van der Waals surface area contributed by atoms with Crippen molar-refractivity contribution < 1.29 is 5.11 Å². The fourth-order valence-electron chi connectivity index (χ4n) is 2.54. The minimum absolute atomic E-state index is 0.369. The van der Waals surface area contributed by atoms with Crippen molar-refractivity contribution in [2.45, 2.75) is 25.5 Å². The molecule has 2 unspecified atom stereocenters. The minimum atomic E-state index is -0.369. The normalized spacial score (nSPS) is 22.6. The summed E-state index contributed by atoms with van der Waals surface area (Å²) in [6.45, 7) is 4.97. The van der Waals surface area contributed by atoms with Crippen molar-refractivity contribution in [1.29, 1.82) is 0 Å². The Morgan fingerprint density at radius 2 is 2.00 bits per heavy atom. The highest BCUT2D eigenvalue weighted by molar-refractivity contribution is 5.23. The molecule has 2 rings (SSSR count). The summed E-state index contributed by atoms with van der Waals surface area (Å²) in [6.07, 6.45) is 0.833. The van der Waals surface area contributed by atoms with Gasteiger partial charge < -0.3 is 10.0 Å². The SMILES string of the molecule is Cc1ccc(C(O)CN2CCC(N(C)C)C2)cc1. The predicted molar refractivity (Wildman–Crippen MR) is 74.7 cm³/mol. The van der Waals surface area contributed by atoms with E-state index in [1.165, 1.54) is 12.0 Å². The van der Waals surface area contributed by atoms with Crippen LogP contribution in [-0.4, -0.2) is 54.7 Å². The van der Waals surface area contributed by atoms with Crippen LogP contribution in [0.25, 0.3) is 0 Å². The first-order chi connectivity index (χ1) is 8.56. The van der Waals surface area contributed by atoms with Crippen molar-refractivity contribution in [3.05, 3.63) is 35.4 Å². The molecule has 0 spiro atoms. The number of β-amino-alcohol motifs (C(OH)–C–C–N with tert-alkyl or cyclic N) is 1. The van der Waals surface area contributed by atoms with Gasteiger partial charge in [-0.05, 0) is 39.5 Å². The van der Waals surface area contributed by atoms with Crippen molar-refractivity contribution in [1.82, 2.24) is 9.80 Å². The highest BCUT2D eigenvalue weighted by atomic mass is 16.3. The van der Waals surface area contributed by atoms with Gasteiger partial charge in [-0.25, -0.2) is 0 Å². The molecule has 1 heterocycles. The highest BCUT2D eigenvalue weighted by Gasteiger charge is 2.25. The molecule has 1 N–H and O–H groups in total. The lowest BCUT2D eigenvalue weighted by atomic mass is 10.1. The summed E-state index contributed by atoms with van der Waals surface area (Å²) in [5.74, 6) is 0. The van der Waals surface area contributed by atoms with E-state index in [1.54, 1.807) is 0 Å². The average Bonchev–Trinajstić information content (AvgIpc) is 2.78. The van der Waals surface area contributed by atoms with Crippen LogP contribution in [0, 0.1) is 6.92 Å². The number of nitrogens with zero attached hydrogens (tertiary/aromatic N) is 2. The van der Waals surface area contributed by atoms with E-state index in [4.69, 9.17) is 0 Å². The van der Waals surface area contributed by atoms with Gasteiger partial charge >= 0.3 is 0 Å². The molecular formula is C15H24N2O. The number of aryl methyl sites for hydroxylation is 1. The molecule has 2 atom stereocenters. The first-order valence-corrected chi connectivity index (χ1v) is 6.69. The Kier molecular flexibility index (Phi) is 4.38. The van der Waals surface area contributed by atoms with Crippen LogP contribution in [-0.2, 0) is 0 Å². The third kappa shape index (κ3) is 3.31. The van der Waals surface area contributed by atoms with E-state index in [-0.39, 0.29) is 6.10 Å². The van der Waals surface area contributed by atoms with Crippen LogP contribution in [0.5, 0.6) is 0 Å². The molecule has 3 nitrogen and oxygen atoms in total. The van der Waals surface area contributed by atoms with E-state index in [0.717, 1.165) is 25.2 Å². The van der Waals surface area contributed by atoms with Gasteiger partial charge in [0.15, 0.2) is 0 Å². The van der Waals surface area contributed by atoms with Gasteiger partial charge in [0.05, 0.1) is 6.10 Å². The number of rotatable bonds is 4. The van der Waals surface area contributed by atoms with Crippen molar-refractivity contribution in [3.63, 3.8) is 0 Å². The summed E-state index contributed by atoms with van der Waals surface area (Å²) in [7, 11) is 4.26. The lowest BCUT2D eigenvalue weighted by molar-refractivity contribution is 0.122. The smallest absolute Gasteiger partial charge is 0.0916 e. The summed E-state index contributed by atoms with van der Waals surface area (Å²) >= 11 is 0. The third-order valence-corrected chi connectivity index (χ3v) is 3.87. The topological polar surface area (TPSA) is 26.7 Å². The molecule has 0 aromatic heterocycles. The van der Waals surface area contributed by atoms with Gasteiger partial charge in [-0.15, -0.1) is 0 Å². The molecule has 1 saturated heterocycles. The van der Waals surface area contributed by atoms with Crippen LogP contribution >= 0.6 is 0 Å². The van der Waals surface area contributed by atoms with Crippen LogP contribution in [0.15, 0.2) is 24.3 Å². The third-order valence-electron chi connectivity index (χ3n) is 3.87. The average molecular weight is 248 g/mol. The molecule has 1 aliphatic heterocycles. The first-order valence-electron chi connectivity index (χ1n) is 6.69. The van der Waals surface area contributed by atoms with Gasteiger partial charge in [-0.1, -0.05) is 29.8 Å². The molecule has 1 aliphatic rings. The fourth-order valence-corrected chi connectivity index (χ4v) is 2.54. The Morgan fingerprint density at radius 1 is 1.33 bits per heavy atom. The standard InChI is InChI=1S/C15H24N2O/c1-12-4-6-13(7-5-12)15(18)11-17-9-8-14(10-17)16(2)3/h4-7,14-15,18H,8-11H2,1-3H3. The van der Waals surface area contributed by atoms with Gasteiger partial charge in [0.1, 0.15) is 0 Å². The van der Waals surface area contributed by atoms with E-state index < -0.39 is 0 Å². The fraction of sp³-hybridized carbons (Fsp3) is 0.600. The summed E-state index contributed by atoms with van der Waals surface area (Å²) in [5, 5.41) is 10.2. The minimum Gasteiger partial charge on any atom is -0.387 e. The van der Waals surface area contributed by atoms with E-state index in [2.05, 4.69) is 43.0 Å². The zero-order valence-corrected chi connectivity index (χ0v) is 11.6. The second kappa shape index (κ2) is 5.83. The number of aliphatic hydroxyl groups is 1. The van der Waals surface area contributed by atoms with Crippen molar-refractivity contribution >= 4 is 0 Å². The highest BCUT2D eigenvalue weighted by Crippen LogP contribution is 2.19. The summed E-state index contributed by atoms with van der Waals surface area (Å²) in [4.78, 5) is 4.63. The van der Waals surface area contributed by atoms with Crippen molar-refractivity contribution in [3.8, 4) is 0 Å². The second-order valence-corrected chi connectivity index (χ2v) is 5.59. The lowest BCUT2D eigenvalue weighted by Gasteiger charge is -2.22. The molecule has 0 radical (unpaired) electrons. The maximum absolute atomic E-state index is 10.2. The molecule has 18 heavy (non-hydrogen) atoms. The Balaban J connectivity index is 1.88. The number of likely N-dealkylation sites (N-methyl/N-ethyl adjacent to an activating group) is 1. The zero-order valence-electron chi connectivity index (χ0n) is 11.6. The van der Waals surface area contributed by atoms with Gasteiger partial charge in [0.25, 0.3) is 0 Å². The molecule has 100 valence electrons. The number of aliphatic hydroxyl groups excluding tert-OH is 1. The molecule has 0 saturated carbocycles. The molecule has 1 fully saturated rings. The van der Waals surface area contributed by atoms with Crippen LogP contribution in [0.1, 0.15) is 23.7 Å². The number of benzene rings is 1. The molecule has 3 heteroatoms. The van der Waals surface area contributed by atoms with Crippen LogP contribution in [0.3, 0.4) is 0 Å². The van der Waals surface area contributed by atoms with E-state index in [0.29, 0.717) is 6.04 Å². The van der Waals surface area contributed by atoms with Crippen molar-refractivity contribution in [2.24, 2.45) is 0 Å². The number of likely N-dealkylation sites (tertiary alicyclic amines) is 1. The van der Waals surface area contributed by atoms with Crippen molar-refractivity contribution in [2.75, 3.05) is 33.7 Å². The molecule has 0 amide bonds. The molecule has 1 aromatic carbocycles. The van der Waals surface area contributed by atoms with Gasteiger partial charge in [0.2, 0.25) is 0 Å². The molecule has 1 aromatic rings. The molecule has 0 aliphatic carbocycles. The Morgan fingerprint density at radius 3 is 2.56 bits per heavy atom. The zero-order chi connectivity index (χ0) is 13.1. The summed E-state index contributed by atoms with van der Waals surface area (Å²) < 4.78 is 0. The number of hydrogen-bond acceptors (Lipinski definition) is 3. The quantitative estimate of drug-likeness (QED) is 0.878. The van der Waals surface area contributed by atoms with Crippen LogP contribution < -0.4 is 0 Å². The summed E-state index contributed by atoms with van der Waals surface area (Å²) in [6, 6.07) is 8.81. The van der Waals surface area contributed by atoms with Gasteiger partial charge in [-0.2, -0.15) is 0 Å². The maximum atomic E-state index is 10.2. The van der Waals surface area contributed by atoms with E-state index in [9.17, 15) is 5.11 Å². The van der Waals surface area contributed by atoms with E-state index >= 15 is 0 Å². The monoisotopic (exact) mass is 248 g/mol. The van der Waals surface area contributed by atoms with Gasteiger partial charge in [-0.3, -0.25) is 4.90 Å². The largest absolute Gasteiger partial charge is 0.387 e. The van der Waals surface area contributed by atoms with Crippen LogP contribution in [0.2, 0.25) is 0 Å². The van der Waals surface area contributed by atoms with Crippen LogP contribution in [0.4, 0.5) is 0 Å². The maximum Gasteiger partial charge on any atom is 0.0916 e. The predicted octanol–water partition coefficient (Wildman–Crippen LogP) is 1.66. The Hall–Kier alpha value is -0.900. The van der Waals surface area contributed by atoms with E-state index in [1.807, 2.05) is 12.1 Å². The molecular weight excluding hydrogens is 224 g/mol. The number of hydrogen-bond donors (Lipinski definition) is 1. The lowest BCUT2D eigenvalue weighted by Crippen LogP contribution is -2.33. The Bertz CT molecular complexity index is 375.